The van der Waals surface area contributed by atoms with Crippen molar-refractivity contribution in [3.63, 3.8) is 0 Å². The first-order valence-corrected chi connectivity index (χ1v) is 9.99. The Morgan fingerprint density at radius 2 is 2.15 bits per heavy atom. The van der Waals surface area contributed by atoms with Crippen molar-refractivity contribution in [3.8, 4) is 0 Å². The third kappa shape index (κ3) is 6.92. The summed E-state index contributed by atoms with van der Waals surface area (Å²) >= 11 is 1.63. The van der Waals surface area contributed by atoms with E-state index >= 15 is 0 Å². The summed E-state index contributed by atoms with van der Waals surface area (Å²) in [5.74, 6) is 0.920. The van der Waals surface area contributed by atoms with E-state index in [1.54, 1.807) is 11.8 Å². The van der Waals surface area contributed by atoms with Crippen LogP contribution in [0.15, 0.2) is 0 Å². The summed E-state index contributed by atoms with van der Waals surface area (Å²) in [7, 11) is -3.30. The second-order valence-electron chi connectivity index (χ2n) is 5.14. The molecule has 0 aromatic heterocycles. The largest absolute Gasteiger partial charge is 0.354 e. The Bertz CT molecular complexity index is 397. The Labute approximate surface area is 125 Å². The SMILES string of the molecule is CSCC[C@H](N)C(=O)NCCS(=O)(=O)NCC1CCC1. The number of carbonyl (C=O) groups is 1. The molecular formula is C12H25N3O3S2. The number of amides is 1. The Morgan fingerprint density at radius 1 is 1.45 bits per heavy atom. The predicted octanol–water partition coefficient (Wildman–Crippen LogP) is -0.0975. The number of thioether (sulfide) groups is 1. The molecule has 0 unspecified atom stereocenters. The lowest BCUT2D eigenvalue weighted by Gasteiger charge is -2.25. The molecule has 4 N–H and O–H groups in total. The van der Waals surface area contributed by atoms with Gasteiger partial charge in [0.05, 0.1) is 11.8 Å². The summed E-state index contributed by atoms with van der Waals surface area (Å²) in [5, 5.41) is 2.57. The minimum absolute atomic E-state index is 0.0965. The van der Waals surface area contributed by atoms with Gasteiger partial charge < -0.3 is 11.1 Å². The molecule has 20 heavy (non-hydrogen) atoms. The predicted molar refractivity (Wildman–Crippen MR) is 83.1 cm³/mol. The van der Waals surface area contributed by atoms with Crippen molar-refractivity contribution in [2.45, 2.75) is 31.7 Å². The summed E-state index contributed by atoms with van der Waals surface area (Å²) in [6, 6.07) is -0.562. The minimum Gasteiger partial charge on any atom is -0.354 e. The number of nitrogens with two attached hydrogens (primary N) is 1. The zero-order chi connectivity index (χ0) is 15.0. The maximum absolute atomic E-state index is 11.7. The van der Waals surface area contributed by atoms with Crippen LogP contribution in [-0.2, 0) is 14.8 Å². The Kier molecular flexibility index (Phi) is 7.86. The van der Waals surface area contributed by atoms with Gasteiger partial charge in [-0.2, -0.15) is 11.8 Å². The first-order chi connectivity index (χ1) is 9.44. The summed E-state index contributed by atoms with van der Waals surface area (Å²) in [6.07, 6.45) is 5.94. The number of rotatable bonds is 10. The van der Waals surface area contributed by atoms with Crippen molar-refractivity contribution in [3.05, 3.63) is 0 Å². The normalized spacial score (nSPS) is 17.5. The lowest BCUT2D eigenvalue weighted by molar-refractivity contribution is -0.122. The van der Waals surface area contributed by atoms with Gasteiger partial charge in [0.2, 0.25) is 15.9 Å². The van der Waals surface area contributed by atoms with E-state index < -0.39 is 16.1 Å². The lowest BCUT2D eigenvalue weighted by atomic mass is 9.86. The summed E-state index contributed by atoms with van der Waals surface area (Å²) < 4.78 is 26.0. The molecule has 1 amide bonds. The maximum Gasteiger partial charge on any atom is 0.236 e. The van der Waals surface area contributed by atoms with Crippen LogP contribution in [0.1, 0.15) is 25.7 Å². The molecule has 1 rings (SSSR count). The minimum atomic E-state index is -3.30. The van der Waals surface area contributed by atoms with Crippen molar-refractivity contribution >= 4 is 27.7 Å². The third-order valence-electron chi connectivity index (χ3n) is 3.46. The first-order valence-electron chi connectivity index (χ1n) is 6.94. The monoisotopic (exact) mass is 323 g/mol. The number of sulfonamides is 1. The molecule has 6 nitrogen and oxygen atoms in total. The van der Waals surface area contributed by atoms with E-state index in [2.05, 4.69) is 10.0 Å². The highest BCUT2D eigenvalue weighted by Gasteiger charge is 2.20. The van der Waals surface area contributed by atoms with Crippen LogP contribution >= 0.6 is 11.8 Å². The fourth-order valence-electron chi connectivity index (χ4n) is 1.83. The van der Waals surface area contributed by atoms with Crippen molar-refractivity contribution in [2.24, 2.45) is 11.7 Å². The fourth-order valence-corrected chi connectivity index (χ4v) is 3.32. The van der Waals surface area contributed by atoms with Gasteiger partial charge in [-0.3, -0.25) is 4.79 Å². The van der Waals surface area contributed by atoms with Crippen LogP contribution < -0.4 is 15.8 Å². The number of hydrogen-bond donors (Lipinski definition) is 3. The number of carbonyl (C=O) groups excluding carboxylic acids is 1. The number of hydrogen-bond acceptors (Lipinski definition) is 5. The highest BCUT2D eigenvalue weighted by atomic mass is 32.2. The van der Waals surface area contributed by atoms with Crippen LogP contribution in [0, 0.1) is 5.92 Å². The van der Waals surface area contributed by atoms with Gasteiger partial charge in [-0.1, -0.05) is 6.42 Å². The fraction of sp³-hybridized carbons (Fsp3) is 0.917. The molecule has 8 heteroatoms. The van der Waals surface area contributed by atoms with E-state index in [1.807, 2.05) is 6.26 Å². The summed E-state index contributed by atoms with van der Waals surface area (Å²) in [4.78, 5) is 11.6. The van der Waals surface area contributed by atoms with Crippen LogP contribution in [0.2, 0.25) is 0 Å². The van der Waals surface area contributed by atoms with Gasteiger partial charge in [0, 0.05) is 13.1 Å². The van der Waals surface area contributed by atoms with E-state index in [9.17, 15) is 13.2 Å². The molecule has 0 spiro atoms. The molecule has 0 aliphatic heterocycles. The van der Waals surface area contributed by atoms with Gasteiger partial charge in [0.15, 0.2) is 0 Å². The Hall–Kier alpha value is -0.310. The Morgan fingerprint density at radius 3 is 2.70 bits per heavy atom. The third-order valence-corrected chi connectivity index (χ3v) is 5.45. The second kappa shape index (κ2) is 8.86. The van der Waals surface area contributed by atoms with Crippen LogP contribution in [0.5, 0.6) is 0 Å². The number of nitrogens with one attached hydrogen (secondary N) is 2. The van der Waals surface area contributed by atoms with Gasteiger partial charge in [-0.15, -0.1) is 0 Å². The van der Waals surface area contributed by atoms with E-state index in [-0.39, 0.29) is 18.2 Å². The zero-order valence-electron chi connectivity index (χ0n) is 11.9. The van der Waals surface area contributed by atoms with Gasteiger partial charge in [-0.25, -0.2) is 13.1 Å². The van der Waals surface area contributed by atoms with Gasteiger partial charge in [0.25, 0.3) is 0 Å². The van der Waals surface area contributed by atoms with Crippen LogP contribution in [0.3, 0.4) is 0 Å². The highest BCUT2D eigenvalue weighted by molar-refractivity contribution is 7.98. The van der Waals surface area contributed by atoms with Crippen molar-refractivity contribution in [1.82, 2.24) is 10.0 Å². The Balaban J connectivity index is 2.15. The molecule has 1 atom stereocenters. The summed E-state index contributed by atoms with van der Waals surface area (Å²) in [6.45, 7) is 0.620. The van der Waals surface area contributed by atoms with Crippen LogP contribution in [0.4, 0.5) is 0 Å². The van der Waals surface area contributed by atoms with Gasteiger partial charge in [-0.05, 0) is 37.2 Å². The lowest BCUT2D eigenvalue weighted by Crippen LogP contribution is -2.44. The van der Waals surface area contributed by atoms with Gasteiger partial charge >= 0.3 is 0 Å². The van der Waals surface area contributed by atoms with Gasteiger partial charge in [0.1, 0.15) is 0 Å². The second-order valence-corrected chi connectivity index (χ2v) is 8.06. The molecule has 118 valence electrons. The molecule has 1 aliphatic carbocycles. The molecule has 0 saturated heterocycles. The van der Waals surface area contributed by atoms with Crippen molar-refractivity contribution in [1.29, 1.82) is 0 Å². The molecule has 0 aromatic rings. The van der Waals surface area contributed by atoms with E-state index in [0.29, 0.717) is 18.9 Å². The molecule has 1 aliphatic rings. The van der Waals surface area contributed by atoms with E-state index in [4.69, 9.17) is 5.73 Å². The standard InChI is InChI=1S/C12H25N3O3S2/c1-19-7-5-11(13)12(16)14-6-8-20(17,18)15-9-10-3-2-4-10/h10-11,15H,2-9,13H2,1H3,(H,14,16)/t11-/m0/s1. The maximum atomic E-state index is 11.7. The summed E-state index contributed by atoms with van der Waals surface area (Å²) in [5.41, 5.74) is 5.69. The smallest absolute Gasteiger partial charge is 0.236 e. The molecule has 1 fully saturated rings. The van der Waals surface area contributed by atoms with Crippen molar-refractivity contribution < 1.29 is 13.2 Å². The zero-order valence-corrected chi connectivity index (χ0v) is 13.6. The molecule has 0 heterocycles. The van der Waals surface area contributed by atoms with Crippen LogP contribution in [0.25, 0.3) is 0 Å². The molecule has 0 bridgehead atoms. The first kappa shape index (κ1) is 17.7. The van der Waals surface area contributed by atoms with Crippen molar-refractivity contribution in [2.75, 3.05) is 30.9 Å². The molecule has 0 radical (unpaired) electrons. The quantitative estimate of drug-likeness (QED) is 0.521. The van der Waals surface area contributed by atoms with E-state index in [0.717, 1.165) is 18.6 Å². The molecular weight excluding hydrogens is 298 g/mol. The van der Waals surface area contributed by atoms with Crippen LogP contribution in [-0.4, -0.2) is 51.2 Å². The average Bonchev–Trinajstić information content (AvgIpc) is 2.33. The average molecular weight is 323 g/mol. The highest BCUT2D eigenvalue weighted by Crippen LogP contribution is 2.25. The van der Waals surface area contributed by atoms with E-state index in [1.165, 1.54) is 6.42 Å². The molecule has 0 aromatic carbocycles. The molecule has 1 saturated carbocycles. The topological polar surface area (TPSA) is 101 Å².